The maximum Gasteiger partial charge on any atom is 0.123 e. The number of hydrogen-bond donors (Lipinski definition) is 2. The lowest BCUT2D eigenvalue weighted by atomic mass is 9.97. The average Bonchev–Trinajstić information content (AvgIpc) is 2.39. The monoisotopic (exact) mass is 273 g/mol. The van der Waals surface area contributed by atoms with Crippen molar-refractivity contribution < 1.29 is 4.39 Å². The molecule has 2 rings (SSSR count). The van der Waals surface area contributed by atoms with Gasteiger partial charge in [-0.3, -0.25) is 5.84 Å². The Kier molecular flexibility index (Phi) is 4.37. The molecule has 1 atom stereocenters. The van der Waals surface area contributed by atoms with Crippen LogP contribution in [0.15, 0.2) is 42.5 Å². The number of rotatable bonds is 4. The molecule has 3 nitrogen and oxygen atoms in total. The molecule has 0 amide bonds. The van der Waals surface area contributed by atoms with Crippen molar-refractivity contribution in [1.82, 2.24) is 5.43 Å². The van der Waals surface area contributed by atoms with E-state index in [1.807, 2.05) is 56.3 Å². The zero-order valence-electron chi connectivity index (χ0n) is 12.0. The van der Waals surface area contributed by atoms with Gasteiger partial charge >= 0.3 is 0 Å². The van der Waals surface area contributed by atoms with Gasteiger partial charge in [0.05, 0.1) is 6.04 Å². The number of anilines is 1. The molecule has 0 aliphatic heterocycles. The van der Waals surface area contributed by atoms with E-state index in [1.54, 1.807) is 0 Å². The number of aryl methyl sites for hydroxylation is 1. The van der Waals surface area contributed by atoms with Crippen molar-refractivity contribution in [3.8, 4) is 0 Å². The zero-order chi connectivity index (χ0) is 14.7. The van der Waals surface area contributed by atoms with Crippen LogP contribution in [-0.4, -0.2) is 14.1 Å². The Balaban J connectivity index is 2.43. The van der Waals surface area contributed by atoms with Crippen LogP contribution >= 0.6 is 0 Å². The fourth-order valence-corrected chi connectivity index (χ4v) is 2.30. The van der Waals surface area contributed by atoms with Gasteiger partial charge in [-0.2, -0.15) is 0 Å². The predicted molar refractivity (Wildman–Crippen MR) is 81.1 cm³/mol. The van der Waals surface area contributed by atoms with Crippen molar-refractivity contribution in [2.45, 2.75) is 13.0 Å². The molecular weight excluding hydrogens is 253 g/mol. The molecule has 20 heavy (non-hydrogen) atoms. The third-order valence-corrected chi connectivity index (χ3v) is 3.28. The molecule has 0 saturated heterocycles. The van der Waals surface area contributed by atoms with E-state index < -0.39 is 0 Å². The molecule has 2 aromatic carbocycles. The van der Waals surface area contributed by atoms with Crippen molar-refractivity contribution in [3.05, 3.63) is 65.0 Å². The van der Waals surface area contributed by atoms with Crippen LogP contribution in [0.3, 0.4) is 0 Å². The minimum Gasteiger partial charge on any atom is -0.378 e. The van der Waals surface area contributed by atoms with E-state index in [1.165, 1.54) is 12.1 Å². The maximum atomic E-state index is 13.6. The number of halogens is 1. The number of benzene rings is 2. The third-order valence-electron chi connectivity index (χ3n) is 3.28. The third kappa shape index (κ3) is 3.15. The Bertz CT molecular complexity index is 576. The standard InChI is InChI=1S/C16H20FN3/c1-11-7-13(9-14(17)8-11)16(19-18)12-5-4-6-15(10-12)20(2)3/h4-10,16,19H,18H2,1-3H3. The Morgan fingerprint density at radius 3 is 2.45 bits per heavy atom. The summed E-state index contributed by atoms with van der Waals surface area (Å²) >= 11 is 0. The fourth-order valence-electron chi connectivity index (χ4n) is 2.30. The topological polar surface area (TPSA) is 41.3 Å². The number of nitrogens with two attached hydrogens (primary N) is 1. The molecule has 1 unspecified atom stereocenters. The Labute approximate surface area is 119 Å². The summed E-state index contributed by atoms with van der Waals surface area (Å²) in [6.45, 7) is 1.87. The molecule has 0 heterocycles. The summed E-state index contributed by atoms with van der Waals surface area (Å²) in [5.41, 5.74) is 6.55. The maximum absolute atomic E-state index is 13.6. The van der Waals surface area contributed by atoms with Gasteiger partial charge in [0.25, 0.3) is 0 Å². The summed E-state index contributed by atoms with van der Waals surface area (Å²) in [6.07, 6.45) is 0. The largest absolute Gasteiger partial charge is 0.378 e. The smallest absolute Gasteiger partial charge is 0.123 e. The summed E-state index contributed by atoms with van der Waals surface area (Å²) in [5.74, 6) is 5.43. The molecule has 0 spiro atoms. The Hall–Kier alpha value is -1.91. The molecule has 0 aliphatic rings. The van der Waals surface area contributed by atoms with E-state index in [-0.39, 0.29) is 11.9 Å². The van der Waals surface area contributed by atoms with E-state index in [4.69, 9.17) is 5.84 Å². The number of nitrogens with zero attached hydrogens (tertiary/aromatic N) is 1. The Morgan fingerprint density at radius 1 is 1.10 bits per heavy atom. The van der Waals surface area contributed by atoms with Crippen LogP contribution in [0.5, 0.6) is 0 Å². The lowest BCUT2D eigenvalue weighted by Crippen LogP contribution is -2.29. The normalized spacial score (nSPS) is 12.2. The molecule has 0 fully saturated rings. The van der Waals surface area contributed by atoms with E-state index in [0.717, 1.165) is 22.4 Å². The van der Waals surface area contributed by atoms with E-state index >= 15 is 0 Å². The van der Waals surface area contributed by atoms with Gasteiger partial charge < -0.3 is 4.90 Å². The van der Waals surface area contributed by atoms with Crippen molar-refractivity contribution in [1.29, 1.82) is 0 Å². The quantitative estimate of drug-likeness (QED) is 0.665. The SMILES string of the molecule is Cc1cc(F)cc(C(NN)c2cccc(N(C)C)c2)c1. The van der Waals surface area contributed by atoms with Gasteiger partial charge in [-0.05, 0) is 47.9 Å². The number of hydrogen-bond acceptors (Lipinski definition) is 3. The van der Waals surface area contributed by atoms with Gasteiger partial charge in [-0.1, -0.05) is 18.2 Å². The van der Waals surface area contributed by atoms with Gasteiger partial charge in [0.15, 0.2) is 0 Å². The fraction of sp³-hybridized carbons (Fsp3) is 0.250. The van der Waals surface area contributed by atoms with Gasteiger partial charge in [0.1, 0.15) is 5.82 Å². The van der Waals surface area contributed by atoms with Crippen LogP contribution in [0.4, 0.5) is 10.1 Å². The molecule has 4 heteroatoms. The number of nitrogens with one attached hydrogen (secondary N) is 1. The molecule has 0 aromatic heterocycles. The van der Waals surface area contributed by atoms with Crippen molar-refractivity contribution in [3.63, 3.8) is 0 Å². The zero-order valence-corrected chi connectivity index (χ0v) is 12.0. The summed E-state index contributed by atoms with van der Waals surface area (Å²) < 4.78 is 13.6. The second-order valence-electron chi connectivity index (χ2n) is 5.15. The van der Waals surface area contributed by atoms with Crippen LogP contribution in [0, 0.1) is 12.7 Å². The highest BCUT2D eigenvalue weighted by Crippen LogP contribution is 2.26. The lowest BCUT2D eigenvalue weighted by Gasteiger charge is -2.20. The van der Waals surface area contributed by atoms with Crippen LogP contribution in [-0.2, 0) is 0 Å². The predicted octanol–water partition coefficient (Wildman–Crippen LogP) is 2.75. The van der Waals surface area contributed by atoms with Crippen molar-refractivity contribution in [2.75, 3.05) is 19.0 Å². The summed E-state index contributed by atoms with van der Waals surface area (Å²) in [5, 5.41) is 0. The minimum absolute atomic E-state index is 0.232. The minimum atomic E-state index is -0.246. The molecule has 0 bridgehead atoms. The highest BCUT2D eigenvalue weighted by atomic mass is 19.1. The molecule has 0 saturated carbocycles. The van der Waals surface area contributed by atoms with Gasteiger partial charge in [0.2, 0.25) is 0 Å². The summed E-state index contributed by atoms with van der Waals surface area (Å²) in [6, 6.07) is 12.8. The summed E-state index contributed by atoms with van der Waals surface area (Å²) in [4.78, 5) is 2.02. The lowest BCUT2D eigenvalue weighted by molar-refractivity contribution is 0.604. The molecule has 0 radical (unpaired) electrons. The van der Waals surface area contributed by atoms with Crippen molar-refractivity contribution in [2.24, 2.45) is 5.84 Å². The number of hydrazine groups is 1. The van der Waals surface area contributed by atoms with Crippen LogP contribution in [0.25, 0.3) is 0 Å². The van der Waals surface area contributed by atoms with Crippen molar-refractivity contribution >= 4 is 5.69 Å². The highest BCUT2D eigenvalue weighted by molar-refractivity contribution is 5.49. The van der Waals surface area contributed by atoms with E-state index in [0.29, 0.717) is 0 Å². The van der Waals surface area contributed by atoms with Gasteiger partial charge in [-0.15, -0.1) is 0 Å². The second kappa shape index (κ2) is 6.03. The van der Waals surface area contributed by atoms with Crippen LogP contribution < -0.4 is 16.2 Å². The molecule has 106 valence electrons. The van der Waals surface area contributed by atoms with E-state index in [9.17, 15) is 4.39 Å². The first-order valence-electron chi connectivity index (χ1n) is 6.52. The molecule has 2 aromatic rings. The highest BCUT2D eigenvalue weighted by Gasteiger charge is 2.14. The van der Waals surface area contributed by atoms with Gasteiger partial charge in [0, 0.05) is 19.8 Å². The Morgan fingerprint density at radius 2 is 1.85 bits per heavy atom. The summed E-state index contributed by atoms with van der Waals surface area (Å²) in [7, 11) is 3.96. The average molecular weight is 273 g/mol. The molecular formula is C16H20FN3. The second-order valence-corrected chi connectivity index (χ2v) is 5.15. The molecule has 3 N–H and O–H groups in total. The first-order valence-corrected chi connectivity index (χ1v) is 6.52. The van der Waals surface area contributed by atoms with E-state index in [2.05, 4.69) is 5.43 Å². The van der Waals surface area contributed by atoms with Crippen LogP contribution in [0.1, 0.15) is 22.7 Å². The van der Waals surface area contributed by atoms with Crippen LogP contribution in [0.2, 0.25) is 0 Å². The van der Waals surface area contributed by atoms with Gasteiger partial charge in [-0.25, -0.2) is 9.82 Å². The molecule has 0 aliphatic carbocycles. The first-order chi connectivity index (χ1) is 9.51. The first kappa shape index (κ1) is 14.5.